The fraction of sp³-hybridized carbons (Fsp3) is 0.600. The number of nitrogens with one attached hydrogen (secondary N) is 1. The van der Waals surface area contributed by atoms with Crippen LogP contribution in [0.25, 0.3) is 0 Å². The van der Waals surface area contributed by atoms with Crippen molar-refractivity contribution in [3.05, 3.63) is 17.0 Å². The number of hydrogen-bond donors (Lipinski definition) is 1. The van der Waals surface area contributed by atoms with Crippen molar-refractivity contribution in [3.63, 3.8) is 0 Å². The predicted molar refractivity (Wildman–Crippen MR) is 63.9 cm³/mol. The Balaban J connectivity index is 1.94. The van der Waals surface area contributed by atoms with Crippen LogP contribution in [0.1, 0.15) is 12.8 Å². The maximum Gasteiger partial charge on any atom is 0.130 e. The van der Waals surface area contributed by atoms with Gasteiger partial charge < -0.3 is 10.2 Å². The van der Waals surface area contributed by atoms with E-state index in [1.807, 2.05) is 6.07 Å². The molecule has 0 amide bonds. The van der Waals surface area contributed by atoms with Gasteiger partial charge in [0.05, 0.1) is 0 Å². The molecular weight excluding hydrogens is 256 g/mol. The van der Waals surface area contributed by atoms with E-state index in [1.165, 1.54) is 12.8 Å². The average Bonchev–Trinajstić information content (AvgIpc) is 2.96. The minimum Gasteiger partial charge on any atom is -0.368 e. The van der Waals surface area contributed by atoms with Crippen molar-refractivity contribution < 1.29 is 0 Å². The van der Waals surface area contributed by atoms with E-state index >= 15 is 0 Å². The van der Waals surface area contributed by atoms with Crippen LogP contribution < -0.4 is 5.32 Å². The van der Waals surface area contributed by atoms with Gasteiger partial charge in [-0.25, -0.2) is 9.97 Å². The number of likely N-dealkylation sites (N-methyl/N-ethyl adjacent to an activating group) is 1. The quantitative estimate of drug-likeness (QED) is 0.847. The van der Waals surface area contributed by atoms with Crippen LogP contribution in [0.15, 0.2) is 17.0 Å². The lowest BCUT2D eigenvalue weighted by Crippen LogP contribution is -2.36. The van der Waals surface area contributed by atoms with Crippen molar-refractivity contribution in [1.82, 2.24) is 14.9 Å². The highest BCUT2D eigenvalue weighted by Crippen LogP contribution is 2.39. The highest BCUT2D eigenvalue weighted by Gasteiger charge is 2.44. The van der Waals surface area contributed by atoms with Crippen molar-refractivity contribution in [1.29, 1.82) is 0 Å². The van der Waals surface area contributed by atoms with Gasteiger partial charge in [-0.1, -0.05) is 0 Å². The number of hydrogen-bond acceptors (Lipinski definition) is 4. The van der Waals surface area contributed by atoms with Crippen LogP contribution >= 0.6 is 15.9 Å². The van der Waals surface area contributed by atoms with E-state index < -0.39 is 0 Å². The first-order valence-electron chi connectivity index (χ1n) is 5.01. The molecule has 1 aromatic rings. The number of nitrogens with zero attached hydrogens (tertiary/aromatic N) is 3. The lowest BCUT2D eigenvalue weighted by atomic mass is 10.2. The monoisotopic (exact) mass is 270 g/mol. The average molecular weight is 271 g/mol. The van der Waals surface area contributed by atoms with E-state index in [9.17, 15) is 0 Å². The summed E-state index contributed by atoms with van der Waals surface area (Å²) in [5.74, 6) is 0.880. The summed E-state index contributed by atoms with van der Waals surface area (Å²) in [4.78, 5) is 10.4. The molecule has 0 aromatic carbocycles. The van der Waals surface area contributed by atoms with E-state index in [1.54, 1.807) is 6.33 Å². The van der Waals surface area contributed by atoms with Gasteiger partial charge in [0.1, 0.15) is 16.7 Å². The van der Waals surface area contributed by atoms with Gasteiger partial charge in [0.2, 0.25) is 0 Å². The lowest BCUT2D eigenvalue weighted by molar-refractivity contribution is 0.284. The highest BCUT2D eigenvalue weighted by molar-refractivity contribution is 9.10. The van der Waals surface area contributed by atoms with Crippen LogP contribution in [-0.4, -0.2) is 41.0 Å². The molecule has 0 saturated heterocycles. The first kappa shape index (κ1) is 10.8. The summed E-state index contributed by atoms with van der Waals surface area (Å²) in [6.45, 7) is 0.948. The third kappa shape index (κ3) is 2.46. The minimum atomic E-state index is 0.345. The van der Waals surface area contributed by atoms with Crippen molar-refractivity contribution in [2.75, 3.05) is 26.0 Å². The third-order valence-corrected chi connectivity index (χ3v) is 3.44. The molecule has 2 rings (SSSR count). The summed E-state index contributed by atoms with van der Waals surface area (Å²) < 4.78 is 0.815. The maximum absolute atomic E-state index is 4.16. The molecule has 1 aromatic heterocycles. The highest BCUT2D eigenvalue weighted by atomic mass is 79.9. The smallest absolute Gasteiger partial charge is 0.130 e. The number of aromatic nitrogens is 2. The van der Waals surface area contributed by atoms with Crippen LogP contribution in [0, 0.1) is 0 Å². The number of anilines is 1. The molecule has 1 fully saturated rings. The fourth-order valence-electron chi connectivity index (χ4n) is 1.61. The Morgan fingerprint density at radius 3 is 2.73 bits per heavy atom. The normalized spacial score (nSPS) is 17.9. The van der Waals surface area contributed by atoms with Gasteiger partial charge in [-0.2, -0.15) is 0 Å². The van der Waals surface area contributed by atoms with Crippen LogP contribution in [0.4, 0.5) is 5.82 Å². The third-order valence-electron chi connectivity index (χ3n) is 3.01. The van der Waals surface area contributed by atoms with Gasteiger partial charge in [-0.3, -0.25) is 0 Å². The zero-order valence-electron chi connectivity index (χ0n) is 9.00. The second kappa shape index (κ2) is 4.06. The van der Waals surface area contributed by atoms with Gasteiger partial charge >= 0.3 is 0 Å². The lowest BCUT2D eigenvalue weighted by Gasteiger charge is -2.24. The SMILES string of the molecule is CN(C)C1(CNc2cc(Br)ncn2)CC1. The molecule has 0 aliphatic heterocycles. The standard InChI is InChI=1S/C10H15BrN4/c1-15(2)10(3-4-10)6-12-9-5-8(11)13-7-14-9/h5,7H,3-4,6H2,1-2H3,(H,12,13,14). The van der Waals surface area contributed by atoms with Gasteiger partial charge in [-0.15, -0.1) is 0 Å². The first-order valence-corrected chi connectivity index (χ1v) is 5.81. The van der Waals surface area contributed by atoms with E-state index in [4.69, 9.17) is 0 Å². The Hall–Kier alpha value is -0.680. The molecule has 4 nitrogen and oxygen atoms in total. The van der Waals surface area contributed by atoms with E-state index in [2.05, 4.69) is 50.2 Å². The van der Waals surface area contributed by atoms with E-state index in [0.717, 1.165) is 17.0 Å². The van der Waals surface area contributed by atoms with Crippen molar-refractivity contribution in [3.8, 4) is 0 Å². The van der Waals surface area contributed by atoms with Crippen molar-refractivity contribution >= 4 is 21.7 Å². The molecule has 1 aliphatic carbocycles. The van der Waals surface area contributed by atoms with Crippen molar-refractivity contribution in [2.24, 2.45) is 0 Å². The Morgan fingerprint density at radius 2 is 2.20 bits per heavy atom. The molecule has 1 saturated carbocycles. The van der Waals surface area contributed by atoms with Gasteiger partial charge in [0, 0.05) is 18.2 Å². The zero-order chi connectivity index (χ0) is 10.9. The Labute approximate surface area is 98.2 Å². The summed E-state index contributed by atoms with van der Waals surface area (Å²) >= 11 is 3.33. The predicted octanol–water partition coefficient (Wildman–Crippen LogP) is 1.75. The van der Waals surface area contributed by atoms with Gasteiger partial charge in [0.15, 0.2) is 0 Å². The molecule has 15 heavy (non-hydrogen) atoms. The summed E-state index contributed by atoms with van der Waals surface area (Å²) in [5, 5.41) is 3.35. The van der Waals surface area contributed by atoms with Crippen LogP contribution in [0.2, 0.25) is 0 Å². The number of rotatable bonds is 4. The Kier molecular flexibility index (Phi) is 2.93. The minimum absolute atomic E-state index is 0.345. The summed E-state index contributed by atoms with van der Waals surface area (Å²) in [6.07, 6.45) is 4.08. The van der Waals surface area contributed by atoms with Gasteiger partial charge in [0.25, 0.3) is 0 Å². The second-order valence-electron chi connectivity index (χ2n) is 4.20. The fourth-order valence-corrected chi connectivity index (χ4v) is 1.92. The summed E-state index contributed by atoms with van der Waals surface area (Å²) in [5.41, 5.74) is 0.345. The van der Waals surface area contributed by atoms with Crippen LogP contribution in [-0.2, 0) is 0 Å². The molecule has 0 unspecified atom stereocenters. The molecule has 1 heterocycles. The Bertz CT molecular complexity index is 349. The summed E-state index contributed by atoms with van der Waals surface area (Å²) in [6, 6.07) is 1.89. The van der Waals surface area contributed by atoms with E-state index in [0.29, 0.717) is 5.54 Å². The molecule has 5 heteroatoms. The molecule has 0 radical (unpaired) electrons. The van der Waals surface area contributed by atoms with Gasteiger partial charge in [-0.05, 0) is 42.9 Å². The largest absolute Gasteiger partial charge is 0.368 e. The van der Waals surface area contributed by atoms with E-state index in [-0.39, 0.29) is 0 Å². The molecule has 0 atom stereocenters. The first-order chi connectivity index (χ1) is 7.12. The molecular formula is C10H15BrN4. The Morgan fingerprint density at radius 1 is 1.47 bits per heavy atom. The van der Waals surface area contributed by atoms with Crippen molar-refractivity contribution in [2.45, 2.75) is 18.4 Å². The maximum atomic E-state index is 4.16. The molecule has 82 valence electrons. The number of halogens is 1. The molecule has 1 aliphatic rings. The van der Waals surface area contributed by atoms with Crippen LogP contribution in [0.5, 0.6) is 0 Å². The topological polar surface area (TPSA) is 41.0 Å². The molecule has 0 spiro atoms. The van der Waals surface area contributed by atoms with Crippen LogP contribution in [0.3, 0.4) is 0 Å². The summed E-state index contributed by atoms with van der Waals surface area (Å²) in [7, 11) is 4.26. The molecule has 0 bridgehead atoms. The second-order valence-corrected chi connectivity index (χ2v) is 5.01. The molecule has 1 N–H and O–H groups in total. The zero-order valence-corrected chi connectivity index (χ0v) is 10.6.